The Bertz CT molecular complexity index is 579. The lowest BCUT2D eigenvalue weighted by atomic mass is 10.1. The van der Waals surface area contributed by atoms with E-state index in [9.17, 15) is 0 Å². The Morgan fingerprint density at radius 2 is 2.17 bits per heavy atom. The molecule has 2 aromatic rings. The molecule has 0 radical (unpaired) electrons. The average molecular weight is 260 g/mol. The predicted octanol–water partition coefficient (Wildman–Crippen LogP) is 3.63. The molecule has 0 N–H and O–H groups in total. The van der Waals surface area contributed by atoms with E-state index in [1.807, 2.05) is 12.1 Å². The molecule has 1 aliphatic carbocycles. The van der Waals surface area contributed by atoms with E-state index in [-0.39, 0.29) is 0 Å². The summed E-state index contributed by atoms with van der Waals surface area (Å²) >= 11 is 6.09. The molecule has 0 aliphatic heterocycles. The van der Waals surface area contributed by atoms with E-state index >= 15 is 0 Å². The van der Waals surface area contributed by atoms with Gasteiger partial charge in [0.05, 0.1) is 0 Å². The topological polar surface area (TPSA) is 38.7 Å². The van der Waals surface area contributed by atoms with Crippen LogP contribution in [0.15, 0.2) is 24.4 Å². The first-order chi connectivity index (χ1) is 8.78. The van der Waals surface area contributed by atoms with Crippen LogP contribution in [0.5, 0.6) is 0 Å². The van der Waals surface area contributed by atoms with Gasteiger partial charge in [0.1, 0.15) is 10.8 Å². The summed E-state index contributed by atoms with van der Waals surface area (Å²) in [5, 5.41) is 0.509. The molecule has 1 fully saturated rings. The maximum absolute atomic E-state index is 6.09. The van der Waals surface area contributed by atoms with Gasteiger partial charge < -0.3 is 0 Å². The van der Waals surface area contributed by atoms with Crippen LogP contribution in [0.3, 0.4) is 0 Å². The number of aryl methyl sites for hydroxylation is 1. The zero-order chi connectivity index (χ0) is 12.5. The van der Waals surface area contributed by atoms with Gasteiger partial charge in [-0.15, -0.1) is 0 Å². The van der Waals surface area contributed by atoms with Crippen molar-refractivity contribution >= 4 is 11.6 Å². The number of pyridine rings is 1. The van der Waals surface area contributed by atoms with Gasteiger partial charge >= 0.3 is 0 Å². The molecule has 0 saturated heterocycles. The van der Waals surface area contributed by atoms with Gasteiger partial charge in [0.2, 0.25) is 0 Å². The molecule has 3 nitrogen and oxygen atoms in total. The molecule has 0 amide bonds. The Morgan fingerprint density at radius 3 is 2.89 bits per heavy atom. The number of hydrogen-bond acceptors (Lipinski definition) is 3. The predicted molar refractivity (Wildman–Crippen MR) is 71.6 cm³/mol. The normalized spacial score (nSPS) is 14.8. The molecule has 3 rings (SSSR count). The smallest absolute Gasteiger partial charge is 0.180 e. The lowest BCUT2D eigenvalue weighted by Crippen LogP contribution is -1.99. The van der Waals surface area contributed by atoms with Crippen LogP contribution in [0.25, 0.3) is 11.5 Å². The number of nitrogens with zero attached hydrogens (tertiary/aromatic N) is 3. The molecule has 2 aromatic heterocycles. The van der Waals surface area contributed by atoms with Crippen LogP contribution in [0, 0.1) is 0 Å². The Balaban J connectivity index is 2.10. The summed E-state index contributed by atoms with van der Waals surface area (Å²) in [6.45, 7) is 2.10. The summed E-state index contributed by atoms with van der Waals surface area (Å²) < 4.78 is 0. The minimum absolute atomic E-state index is 0.509. The minimum atomic E-state index is 0.509. The van der Waals surface area contributed by atoms with Crippen LogP contribution in [0.4, 0.5) is 0 Å². The van der Waals surface area contributed by atoms with Crippen LogP contribution in [-0.2, 0) is 6.42 Å². The first kappa shape index (κ1) is 11.6. The van der Waals surface area contributed by atoms with Gasteiger partial charge in [0.25, 0.3) is 0 Å². The largest absolute Gasteiger partial charge is 0.253 e. The molecule has 0 bridgehead atoms. The Hall–Kier alpha value is -1.48. The van der Waals surface area contributed by atoms with Gasteiger partial charge in [-0.1, -0.05) is 24.6 Å². The Kier molecular flexibility index (Phi) is 3.00. The molecule has 2 heterocycles. The van der Waals surface area contributed by atoms with Crippen LogP contribution in [-0.4, -0.2) is 15.0 Å². The summed E-state index contributed by atoms with van der Waals surface area (Å²) in [7, 11) is 0. The Labute approximate surface area is 111 Å². The summed E-state index contributed by atoms with van der Waals surface area (Å²) in [6, 6.07) is 5.87. The summed E-state index contributed by atoms with van der Waals surface area (Å²) in [5.74, 6) is 1.22. The van der Waals surface area contributed by atoms with E-state index in [0.717, 1.165) is 23.4 Å². The zero-order valence-electron chi connectivity index (χ0n) is 10.2. The minimum Gasteiger partial charge on any atom is -0.253 e. The van der Waals surface area contributed by atoms with Crippen molar-refractivity contribution in [3.63, 3.8) is 0 Å². The maximum Gasteiger partial charge on any atom is 0.180 e. The van der Waals surface area contributed by atoms with Gasteiger partial charge in [0, 0.05) is 17.8 Å². The van der Waals surface area contributed by atoms with Crippen LogP contribution >= 0.6 is 11.6 Å². The van der Waals surface area contributed by atoms with Crippen molar-refractivity contribution in [1.29, 1.82) is 0 Å². The average Bonchev–Trinajstić information content (AvgIpc) is 3.22. The molecule has 1 saturated carbocycles. The van der Waals surface area contributed by atoms with Crippen molar-refractivity contribution in [2.45, 2.75) is 32.1 Å². The second-order valence-electron chi connectivity index (χ2n) is 4.58. The summed E-state index contributed by atoms with van der Waals surface area (Å²) in [6.07, 6.45) is 5.10. The van der Waals surface area contributed by atoms with Gasteiger partial charge in [-0.25, -0.2) is 9.97 Å². The molecule has 92 valence electrons. The van der Waals surface area contributed by atoms with Crippen LogP contribution in [0.2, 0.25) is 5.15 Å². The Morgan fingerprint density at radius 1 is 1.33 bits per heavy atom. The van der Waals surface area contributed by atoms with Crippen molar-refractivity contribution in [3.05, 3.63) is 40.8 Å². The van der Waals surface area contributed by atoms with Crippen molar-refractivity contribution in [2.75, 3.05) is 0 Å². The number of aromatic nitrogens is 3. The standard InChI is InChI=1S/C14H14ClN3/c1-2-9-4-3-7-16-13(9)14-17-11(10-5-6-10)8-12(15)18-14/h3-4,7-8,10H,2,5-6H2,1H3. The molecule has 0 aromatic carbocycles. The van der Waals surface area contributed by atoms with Gasteiger partial charge in [-0.2, -0.15) is 0 Å². The fourth-order valence-corrected chi connectivity index (χ4v) is 2.25. The first-order valence-electron chi connectivity index (χ1n) is 6.26. The summed E-state index contributed by atoms with van der Waals surface area (Å²) in [5.41, 5.74) is 3.06. The molecule has 18 heavy (non-hydrogen) atoms. The summed E-state index contributed by atoms with van der Waals surface area (Å²) in [4.78, 5) is 13.3. The maximum atomic E-state index is 6.09. The second kappa shape index (κ2) is 4.65. The molecule has 0 spiro atoms. The van der Waals surface area contributed by atoms with Crippen molar-refractivity contribution in [1.82, 2.24) is 15.0 Å². The van der Waals surface area contributed by atoms with Crippen LogP contribution in [0.1, 0.15) is 36.9 Å². The van der Waals surface area contributed by atoms with Crippen molar-refractivity contribution in [3.8, 4) is 11.5 Å². The van der Waals surface area contributed by atoms with Crippen molar-refractivity contribution in [2.24, 2.45) is 0 Å². The fourth-order valence-electron chi connectivity index (χ4n) is 2.05. The second-order valence-corrected chi connectivity index (χ2v) is 4.97. The number of halogens is 1. The monoisotopic (exact) mass is 259 g/mol. The first-order valence-corrected chi connectivity index (χ1v) is 6.64. The molecule has 0 atom stereocenters. The highest BCUT2D eigenvalue weighted by molar-refractivity contribution is 6.29. The van der Waals surface area contributed by atoms with E-state index in [4.69, 9.17) is 11.6 Å². The van der Waals surface area contributed by atoms with Gasteiger partial charge in [0.15, 0.2) is 5.82 Å². The van der Waals surface area contributed by atoms with Gasteiger partial charge in [-0.05, 0) is 37.0 Å². The third kappa shape index (κ3) is 2.23. The lowest BCUT2D eigenvalue weighted by molar-refractivity contribution is 0.978. The highest BCUT2D eigenvalue weighted by Crippen LogP contribution is 2.40. The van der Waals surface area contributed by atoms with E-state index in [2.05, 4.69) is 27.9 Å². The highest BCUT2D eigenvalue weighted by Gasteiger charge is 2.26. The van der Waals surface area contributed by atoms with Gasteiger partial charge in [-0.3, -0.25) is 4.98 Å². The lowest BCUT2D eigenvalue weighted by Gasteiger charge is -2.07. The quantitative estimate of drug-likeness (QED) is 0.790. The molecule has 1 aliphatic rings. The SMILES string of the molecule is CCc1cccnc1-c1nc(Cl)cc(C2CC2)n1. The van der Waals surface area contributed by atoms with E-state index in [1.54, 1.807) is 6.20 Å². The third-order valence-electron chi connectivity index (χ3n) is 3.19. The third-order valence-corrected chi connectivity index (χ3v) is 3.39. The van der Waals surface area contributed by atoms with Crippen molar-refractivity contribution < 1.29 is 0 Å². The van der Waals surface area contributed by atoms with E-state index < -0.39 is 0 Å². The molecular formula is C14H14ClN3. The zero-order valence-corrected chi connectivity index (χ0v) is 11.0. The van der Waals surface area contributed by atoms with E-state index in [0.29, 0.717) is 16.9 Å². The molecule has 0 unspecified atom stereocenters. The molecule has 4 heteroatoms. The highest BCUT2D eigenvalue weighted by atomic mass is 35.5. The van der Waals surface area contributed by atoms with E-state index in [1.165, 1.54) is 12.8 Å². The molecular weight excluding hydrogens is 246 g/mol. The number of rotatable bonds is 3. The van der Waals surface area contributed by atoms with Crippen LogP contribution < -0.4 is 0 Å². The fraction of sp³-hybridized carbons (Fsp3) is 0.357. The number of hydrogen-bond donors (Lipinski definition) is 0.